The summed E-state index contributed by atoms with van der Waals surface area (Å²) in [5, 5.41) is 3.08. The summed E-state index contributed by atoms with van der Waals surface area (Å²) in [5.41, 5.74) is 1.26. The Morgan fingerprint density at radius 1 is 1.24 bits per heavy atom. The number of benzene rings is 1. The molecule has 2 bridgehead atoms. The predicted octanol–water partition coefficient (Wildman–Crippen LogP) is 2.58. The van der Waals surface area contributed by atoms with Gasteiger partial charge in [0.15, 0.2) is 0 Å². The molecule has 2 saturated heterocycles. The van der Waals surface area contributed by atoms with Gasteiger partial charge in [0.25, 0.3) is 0 Å². The van der Waals surface area contributed by atoms with Crippen molar-refractivity contribution in [2.75, 3.05) is 13.7 Å². The van der Waals surface area contributed by atoms with E-state index < -0.39 is 0 Å². The molecule has 1 N–H and O–H groups in total. The largest absolute Gasteiger partial charge is 0.381 e. The minimum absolute atomic E-state index is 0.105. The van der Waals surface area contributed by atoms with Gasteiger partial charge in [0, 0.05) is 25.7 Å². The summed E-state index contributed by atoms with van der Waals surface area (Å²) < 4.78 is 5.48. The van der Waals surface area contributed by atoms with E-state index in [1.54, 1.807) is 7.11 Å². The molecular formula is C17H24N2O2. The summed E-state index contributed by atoms with van der Waals surface area (Å²) in [6, 6.07) is 11.1. The van der Waals surface area contributed by atoms with Gasteiger partial charge in [0.1, 0.15) is 0 Å². The fraction of sp³-hybridized carbons (Fsp3) is 0.588. The molecule has 2 unspecified atom stereocenters. The summed E-state index contributed by atoms with van der Waals surface area (Å²) in [5.74, 6) is 0. The number of amides is 2. The number of hydrogen-bond donors (Lipinski definition) is 1. The van der Waals surface area contributed by atoms with Crippen LogP contribution in [0.1, 0.15) is 31.2 Å². The average Bonchev–Trinajstić information content (AvgIpc) is 2.78. The number of methoxy groups -OCH3 is 1. The van der Waals surface area contributed by atoms with Crippen LogP contribution in [0.15, 0.2) is 30.3 Å². The Balaban J connectivity index is 1.50. The number of ether oxygens (including phenoxy) is 1. The fourth-order valence-electron chi connectivity index (χ4n) is 3.70. The van der Waals surface area contributed by atoms with E-state index in [1.807, 2.05) is 18.2 Å². The van der Waals surface area contributed by atoms with Gasteiger partial charge in [-0.2, -0.15) is 0 Å². The van der Waals surface area contributed by atoms with Crippen LogP contribution < -0.4 is 5.32 Å². The van der Waals surface area contributed by atoms with Crippen LogP contribution in [0.25, 0.3) is 0 Å². The second-order valence-corrected chi connectivity index (χ2v) is 6.09. The molecule has 4 nitrogen and oxygen atoms in total. The summed E-state index contributed by atoms with van der Waals surface area (Å²) in [6.07, 6.45) is 5.43. The van der Waals surface area contributed by atoms with Crippen molar-refractivity contribution >= 4 is 6.03 Å². The number of fused-ring (bicyclic) bond motifs is 2. The van der Waals surface area contributed by atoms with Gasteiger partial charge in [-0.05, 0) is 37.7 Å². The lowest BCUT2D eigenvalue weighted by Gasteiger charge is -2.38. The van der Waals surface area contributed by atoms with Crippen LogP contribution in [0.5, 0.6) is 0 Å². The SMILES string of the molecule is COC1CC2CCC(C1)N2C(=O)NCCc1ccccc1. The Morgan fingerprint density at radius 3 is 2.52 bits per heavy atom. The molecule has 2 heterocycles. The number of carbonyl (C=O) groups is 1. The van der Waals surface area contributed by atoms with E-state index in [-0.39, 0.29) is 6.03 Å². The number of nitrogens with one attached hydrogen (secondary N) is 1. The zero-order valence-corrected chi connectivity index (χ0v) is 12.6. The standard InChI is InChI=1S/C17H24N2O2/c1-21-16-11-14-7-8-15(12-16)19(14)17(20)18-10-9-13-5-3-2-4-6-13/h2-6,14-16H,7-12H2,1H3,(H,18,20). The molecule has 0 spiro atoms. The van der Waals surface area contributed by atoms with E-state index in [4.69, 9.17) is 4.74 Å². The molecule has 2 atom stereocenters. The lowest BCUT2D eigenvalue weighted by atomic mass is 10.0. The lowest BCUT2D eigenvalue weighted by molar-refractivity contribution is 0.0210. The van der Waals surface area contributed by atoms with Crippen molar-refractivity contribution in [2.45, 2.75) is 50.3 Å². The van der Waals surface area contributed by atoms with E-state index in [0.29, 0.717) is 24.7 Å². The topological polar surface area (TPSA) is 41.6 Å². The van der Waals surface area contributed by atoms with Crippen molar-refractivity contribution in [1.29, 1.82) is 0 Å². The van der Waals surface area contributed by atoms with Crippen molar-refractivity contribution in [2.24, 2.45) is 0 Å². The zero-order valence-electron chi connectivity index (χ0n) is 12.6. The molecular weight excluding hydrogens is 264 g/mol. The molecule has 4 heteroatoms. The number of carbonyl (C=O) groups excluding carboxylic acids is 1. The maximum atomic E-state index is 12.4. The van der Waals surface area contributed by atoms with Crippen LogP contribution in [0.3, 0.4) is 0 Å². The van der Waals surface area contributed by atoms with Gasteiger partial charge in [-0.15, -0.1) is 0 Å². The third-order valence-corrected chi connectivity index (χ3v) is 4.79. The highest BCUT2D eigenvalue weighted by atomic mass is 16.5. The Labute approximate surface area is 126 Å². The first kappa shape index (κ1) is 14.4. The maximum Gasteiger partial charge on any atom is 0.317 e. The monoisotopic (exact) mass is 288 g/mol. The minimum atomic E-state index is 0.105. The van der Waals surface area contributed by atoms with Crippen molar-refractivity contribution in [3.05, 3.63) is 35.9 Å². The normalized spacial score (nSPS) is 27.7. The van der Waals surface area contributed by atoms with E-state index in [1.165, 1.54) is 5.56 Å². The highest BCUT2D eigenvalue weighted by molar-refractivity contribution is 5.75. The highest BCUT2D eigenvalue weighted by Gasteiger charge is 2.43. The van der Waals surface area contributed by atoms with E-state index in [0.717, 1.165) is 32.1 Å². The third-order valence-electron chi connectivity index (χ3n) is 4.79. The van der Waals surface area contributed by atoms with Gasteiger partial charge in [0.05, 0.1) is 6.10 Å². The van der Waals surface area contributed by atoms with Crippen LogP contribution in [-0.2, 0) is 11.2 Å². The highest BCUT2D eigenvalue weighted by Crippen LogP contribution is 2.36. The molecule has 3 rings (SSSR count). The van der Waals surface area contributed by atoms with Gasteiger partial charge < -0.3 is 15.0 Å². The Kier molecular flexibility index (Phi) is 4.44. The zero-order chi connectivity index (χ0) is 14.7. The number of hydrogen-bond acceptors (Lipinski definition) is 2. The number of urea groups is 1. The van der Waals surface area contributed by atoms with Crippen LogP contribution in [0, 0.1) is 0 Å². The van der Waals surface area contributed by atoms with Crippen LogP contribution in [0.2, 0.25) is 0 Å². The smallest absolute Gasteiger partial charge is 0.317 e. The molecule has 0 aliphatic carbocycles. The summed E-state index contributed by atoms with van der Waals surface area (Å²) in [6.45, 7) is 0.701. The van der Waals surface area contributed by atoms with E-state index in [9.17, 15) is 4.79 Å². The molecule has 0 saturated carbocycles. The van der Waals surface area contributed by atoms with Gasteiger partial charge in [-0.25, -0.2) is 4.79 Å². The van der Waals surface area contributed by atoms with Gasteiger partial charge in [-0.1, -0.05) is 30.3 Å². The van der Waals surface area contributed by atoms with Crippen molar-refractivity contribution in [3.8, 4) is 0 Å². The fourth-order valence-corrected chi connectivity index (χ4v) is 3.70. The first-order chi connectivity index (χ1) is 10.3. The third kappa shape index (κ3) is 3.21. The maximum absolute atomic E-state index is 12.4. The molecule has 2 aliphatic heterocycles. The van der Waals surface area contributed by atoms with Crippen LogP contribution in [-0.4, -0.2) is 42.8 Å². The molecule has 0 aromatic heterocycles. The summed E-state index contributed by atoms with van der Waals surface area (Å²) in [7, 11) is 1.78. The Bertz CT molecular complexity index is 463. The number of rotatable bonds is 4. The first-order valence-corrected chi connectivity index (χ1v) is 7.91. The molecule has 2 amide bonds. The predicted molar refractivity (Wildman–Crippen MR) is 82.2 cm³/mol. The lowest BCUT2D eigenvalue weighted by Crippen LogP contribution is -2.52. The molecule has 21 heavy (non-hydrogen) atoms. The molecule has 0 radical (unpaired) electrons. The van der Waals surface area contributed by atoms with Crippen LogP contribution in [0.4, 0.5) is 4.79 Å². The van der Waals surface area contributed by atoms with E-state index in [2.05, 4.69) is 22.3 Å². The van der Waals surface area contributed by atoms with Gasteiger partial charge in [0.2, 0.25) is 0 Å². The number of piperidine rings is 1. The molecule has 1 aromatic carbocycles. The molecule has 1 aromatic rings. The summed E-state index contributed by atoms with van der Waals surface area (Å²) in [4.78, 5) is 14.5. The van der Waals surface area contributed by atoms with Crippen LogP contribution >= 0.6 is 0 Å². The minimum Gasteiger partial charge on any atom is -0.381 e. The molecule has 114 valence electrons. The quantitative estimate of drug-likeness (QED) is 0.925. The second-order valence-electron chi connectivity index (χ2n) is 6.09. The van der Waals surface area contributed by atoms with Crippen molar-refractivity contribution in [1.82, 2.24) is 10.2 Å². The average molecular weight is 288 g/mol. The van der Waals surface area contributed by atoms with Crippen molar-refractivity contribution in [3.63, 3.8) is 0 Å². The molecule has 2 aliphatic rings. The first-order valence-electron chi connectivity index (χ1n) is 7.91. The van der Waals surface area contributed by atoms with Gasteiger partial charge in [-0.3, -0.25) is 0 Å². The Morgan fingerprint density at radius 2 is 1.90 bits per heavy atom. The Hall–Kier alpha value is -1.55. The van der Waals surface area contributed by atoms with E-state index >= 15 is 0 Å². The van der Waals surface area contributed by atoms with Gasteiger partial charge >= 0.3 is 6.03 Å². The molecule has 2 fully saturated rings. The second kappa shape index (κ2) is 6.48. The number of nitrogens with zero attached hydrogens (tertiary/aromatic N) is 1. The summed E-state index contributed by atoms with van der Waals surface area (Å²) >= 11 is 0. The van der Waals surface area contributed by atoms with Crippen molar-refractivity contribution < 1.29 is 9.53 Å².